The predicted octanol–water partition coefficient (Wildman–Crippen LogP) is 0.993. The first-order chi connectivity index (χ1) is 5.70. The minimum absolute atomic E-state index is 0.330. The second-order valence-corrected chi connectivity index (χ2v) is 3.01. The second-order valence-electron chi connectivity index (χ2n) is 3.01. The van der Waals surface area contributed by atoms with E-state index in [4.69, 9.17) is 10.8 Å². The van der Waals surface area contributed by atoms with Crippen molar-refractivity contribution in [2.24, 2.45) is 0 Å². The van der Waals surface area contributed by atoms with Crippen LogP contribution in [-0.4, -0.2) is 11.1 Å². The molecule has 0 aliphatic heterocycles. The monoisotopic (exact) mass is 163 g/mol. The van der Waals surface area contributed by atoms with Gasteiger partial charge in [0.15, 0.2) is 0 Å². The molecule has 3 nitrogen and oxygen atoms in total. The molecule has 3 heteroatoms. The van der Waals surface area contributed by atoms with Gasteiger partial charge in [-0.05, 0) is 23.6 Å². The fourth-order valence-corrected chi connectivity index (χ4v) is 1.59. The Morgan fingerprint density at radius 2 is 2.33 bits per heavy atom. The van der Waals surface area contributed by atoms with Gasteiger partial charge >= 0.3 is 5.97 Å². The van der Waals surface area contributed by atoms with Crippen molar-refractivity contribution in [3.63, 3.8) is 0 Å². The first kappa shape index (κ1) is 7.16. The summed E-state index contributed by atoms with van der Waals surface area (Å²) in [7, 11) is 0. The number of hydrogen-bond donors (Lipinski definition) is 2. The van der Waals surface area contributed by atoms with Crippen molar-refractivity contribution in [2.75, 3.05) is 5.73 Å². The number of benzene rings is 1. The number of carboxylic acid groups (broad SMARTS) is 1. The van der Waals surface area contributed by atoms with Gasteiger partial charge in [0.1, 0.15) is 0 Å². The lowest BCUT2D eigenvalue weighted by atomic mass is 9.77. The summed E-state index contributed by atoms with van der Waals surface area (Å²) in [5.41, 5.74) is 8.24. The zero-order valence-corrected chi connectivity index (χ0v) is 6.45. The number of carboxylic acids is 1. The SMILES string of the molecule is Nc1cccc2c1CC2C(=O)O. The Kier molecular flexibility index (Phi) is 1.33. The Bertz CT molecular complexity index is 346. The molecule has 0 radical (unpaired) electrons. The zero-order valence-electron chi connectivity index (χ0n) is 6.45. The van der Waals surface area contributed by atoms with Crippen LogP contribution in [0.5, 0.6) is 0 Å². The number of nitrogens with two attached hydrogens (primary N) is 1. The highest BCUT2D eigenvalue weighted by molar-refractivity contribution is 5.82. The van der Waals surface area contributed by atoms with E-state index in [1.165, 1.54) is 0 Å². The first-order valence-electron chi connectivity index (χ1n) is 3.80. The smallest absolute Gasteiger partial charge is 0.311 e. The second kappa shape index (κ2) is 2.24. The molecule has 1 atom stereocenters. The third-order valence-corrected chi connectivity index (χ3v) is 2.33. The number of nitrogen functional groups attached to an aromatic ring is 1. The van der Waals surface area contributed by atoms with Gasteiger partial charge in [0.25, 0.3) is 0 Å². The molecule has 0 saturated carbocycles. The molecule has 1 unspecified atom stereocenters. The maximum absolute atomic E-state index is 10.6. The maximum Gasteiger partial charge on any atom is 0.311 e. The molecule has 0 saturated heterocycles. The van der Waals surface area contributed by atoms with Crippen LogP contribution in [0, 0.1) is 0 Å². The van der Waals surface area contributed by atoms with Crippen LogP contribution in [-0.2, 0) is 11.2 Å². The van der Waals surface area contributed by atoms with E-state index >= 15 is 0 Å². The third-order valence-electron chi connectivity index (χ3n) is 2.33. The lowest BCUT2D eigenvalue weighted by Crippen LogP contribution is -2.25. The van der Waals surface area contributed by atoms with Gasteiger partial charge in [0.2, 0.25) is 0 Å². The molecular weight excluding hydrogens is 154 g/mol. The van der Waals surface area contributed by atoms with Gasteiger partial charge < -0.3 is 10.8 Å². The molecule has 12 heavy (non-hydrogen) atoms. The van der Waals surface area contributed by atoms with Gasteiger partial charge in [-0.25, -0.2) is 0 Å². The molecule has 0 heterocycles. The predicted molar refractivity (Wildman–Crippen MR) is 44.9 cm³/mol. The fourth-order valence-electron chi connectivity index (χ4n) is 1.59. The molecule has 2 rings (SSSR count). The topological polar surface area (TPSA) is 63.3 Å². The highest BCUT2D eigenvalue weighted by Gasteiger charge is 2.33. The lowest BCUT2D eigenvalue weighted by Gasteiger charge is -2.27. The van der Waals surface area contributed by atoms with Gasteiger partial charge in [-0.2, -0.15) is 0 Å². The summed E-state index contributed by atoms with van der Waals surface area (Å²) in [5, 5.41) is 8.73. The molecular formula is C9H9NO2. The van der Waals surface area contributed by atoms with Crippen LogP contribution in [0.2, 0.25) is 0 Å². The minimum atomic E-state index is -0.756. The number of anilines is 1. The van der Waals surface area contributed by atoms with Crippen molar-refractivity contribution in [1.82, 2.24) is 0 Å². The zero-order chi connectivity index (χ0) is 8.72. The molecule has 0 spiro atoms. The first-order valence-corrected chi connectivity index (χ1v) is 3.80. The van der Waals surface area contributed by atoms with Crippen LogP contribution in [0.1, 0.15) is 17.0 Å². The molecule has 62 valence electrons. The fraction of sp³-hybridized carbons (Fsp3) is 0.222. The Morgan fingerprint density at radius 1 is 1.58 bits per heavy atom. The van der Waals surface area contributed by atoms with Crippen LogP contribution in [0.15, 0.2) is 18.2 Å². The van der Waals surface area contributed by atoms with Crippen molar-refractivity contribution >= 4 is 11.7 Å². The van der Waals surface area contributed by atoms with E-state index in [0.717, 1.165) is 11.1 Å². The number of aliphatic carboxylic acids is 1. The normalized spacial score (nSPS) is 19.5. The summed E-state index contributed by atoms with van der Waals surface area (Å²) in [6.07, 6.45) is 0.581. The number of hydrogen-bond acceptors (Lipinski definition) is 2. The van der Waals surface area contributed by atoms with Crippen LogP contribution in [0.4, 0.5) is 5.69 Å². The van der Waals surface area contributed by atoms with E-state index in [1.54, 1.807) is 12.1 Å². The van der Waals surface area contributed by atoms with Crippen LogP contribution in [0.25, 0.3) is 0 Å². The highest BCUT2D eigenvalue weighted by Crippen LogP contribution is 2.38. The van der Waals surface area contributed by atoms with E-state index in [1.807, 2.05) is 6.07 Å². The molecule has 0 aromatic heterocycles. The van der Waals surface area contributed by atoms with Gasteiger partial charge in [-0.15, -0.1) is 0 Å². The molecule has 1 aromatic rings. The molecule has 1 aliphatic rings. The molecule has 0 amide bonds. The lowest BCUT2D eigenvalue weighted by molar-refractivity contribution is -0.139. The van der Waals surface area contributed by atoms with E-state index in [2.05, 4.69) is 0 Å². The van der Waals surface area contributed by atoms with Gasteiger partial charge in [0, 0.05) is 5.69 Å². The van der Waals surface area contributed by atoms with Crippen molar-refractivity contribution in [3.05, 3.63) is 29.3 Å². The summed E-state index contributed by atoms with van der Waals surface area (Å²) in [5.74, 6) is -1.09. The Hall–Kier alpha value is -1.51. The standard InChI is InChI=1S/C9H9NO2/c10-8-3-1-2-5-6(8)4-7(5)9(11)12/h1-3,7H,4,10H2,(H,11,12). The Morgan fingerprint density at radius 3 is 3.00 bits per heavy atom. The number of carbonyl (C=O) groups is 1. The van der Waals surface area contributed by atoms with Gasteiger partial charge in [-0.1, -0.05) is 12.1 Å². The quantitative estimate of drug-likeness (QED) is 0.607. The summed E-state index contributed by atoms with van der Waals surface area (Å²) in [4.78, 5) is 10.6. The average Bonchev–Trinajstić information content (AvgIpc) is 1.92. The van der Waals surface area contributed by atoms with Crippen LogP contribution < -0.4 is 5.73 Å². The summed E-state index contributed by atoms with van der Waals surface area (Å²) >= 11 is 0. The van der Waals surface area contributed by atoms with Gasteiger partial charge in [-0.3, -0.25) is 4.79 Å². The molecule has 1 aliphatic carbocycles. The number of fused-ring (bicyclic) bond motifs is 1. The van der Waals surface area contributed by atoms with Crippen LogP contribution >= 0.6 is 0 Å². The summed E-state index contributed by atoms with van der Waals surface area (Å²) in [6.45, 7) is 0. The third kappa shape index (κ3) is 0.794. The molecule has 0 fully saturated rings. The summed E-state index contributed by atoms with van der Waals surface area (Å²) in [6, 6.07) is 5.42. The maximum atomic E-state index is 10.6. The van der Waals surface area contributed by atoms with E-state index in [-0.39, 0.29) is 5.92 Å². The summed E-state index contributed by atoms with van der Waals surface area (Å²) < 4.78 is 0. The van der Waals surface area contributed by atoms with E-state index < -0.39 is 5.97 Å². The van der Waals surface area contributed by atoms with Gasteiger partial charge in [0.05, 0.1) is 5.92 Å². The molecule has 1 aromatic carbocycles. The molecule has 3 N–H and O–H groups in total. The highest BCUT2D eigenvalue weighted by atomic mass is 16.4. The van der Waals surface area contributed by atoms with E-state index in [0.29, 0.717) is 12.1 Å². The minimum Gasteiger partial charge on any atom is -0.481 e. The molecule has 0 bridgehead atoms. The van der Waals surface area contributed by atoms with E-state index in [9.17, 15) is 4.79 Å². The average molecular weight is 163 g/mol. The van der Waals surface area contributed by atoms with Crippen molar-refractivity contribution in [2.45, 2.75) is 12.3 Å². The largest absolute Gasteiger partial charge is 0.481 e. The Balaban J connectivity index is 2.42. The van der Waals surface area contributed by atoms with Crippen molar-refractivity contribution in [1.29, 1.82) is 0 Å². The van der Waals surface area contributed by atoms with Crippen molar-refractivity contribution < 1.29 is 9.90 Å². The Labute approximate surface area is 69.8 Å². The number of rotatable bonds is 1. The van der Waals surface area contributed by atoms with Crippen LogP contribution in [0.3, 0.4) is 0 Å². The van der Waals surface area contributed by atoms with Crippen molar-refractivity contribution in [3.8, 4) is 0 Å².